The molecule has 1 fully saturated rings. The first-order valence-electron chi connectivity index (χ1n) is 5.99. The van der Waals surface area contributed by atoms with Crippen LogP contribution in [0.2, 0.25) is 0 Å². The number of anilines is 1. The molecule has 19 heavy (non-hydrogen) atoms. The molecule has 0 aliphatic carbocycles. The van der Waals surface area contributed by atoms with Crippen molar-refractivity contribution in [3.8, 4) is 0 Å². The maximum Gasteiger partial charge on any atom is 0.404 e. The maximum atomic E-state index is 10.6. The third-order valence-corrected chi connectivity index (χ3v) is 3.63. The quantitative estimate of drug-likeness (QED) is 0.554. The van der Waals surface area contributed by atoms with E-state index in [1.54, 1.807) is 6.20 Å². The monoisotopic (exact) mass is 283 g/mol. The molecule has 2 atom stereocenters. The fraction of sp³-hybridized carbons (Fsp3) is 0.545. The molecule has 7 nitrogen and oxygen atoms in total. The molecule has 0 spiro atoms. The zero-order valence-corrected chi connectivity index (χ0v) is 11.4. The van der Waals surface area contributed by atoms with Gasteiger partial charge in [0.05, 0.1) is 6.17 Å². The number of hydrogen-bond donors (Lipinski definition) is 3. The van der Waals surface area contributed by atoms with Gasteiger partial charge in [-0.25, -0.2) is 14.8 Å². The molecule has 0 aromatic carbocycles. The Kier molecular flexibility index (Phi) is 4.43. The smallest absolute Gasteiger partial charge is 0.404 e. The molecule has 0 bridgehead atoms. The number of thioether (sulfide) groups is 1. The van der Waals surface area contributed by atoms with Crippen LogP contribution < -0.4 is 16.0 Å². The van der Waals surface area contributed by atoms with Crippen molar-refractivity contribution in [1.29, 1.82) is 0 Å². The second-order valence-corrected chi connectivity index (χ2v) is 5.11. The molecule has 104 valence electrons. The van der Waals surface area contributed by atoms with E-state index in [1.165, 1.54) is 11.8 Å². The summed E-state index contributed by atoms with van der Waals surface area (Å²) in [5.41, 5.74) is 6.09. The Bertz CT molecular complexity index is 458. The summed E-state index contributed by atoms with van der Waals surface area (Å²) in [6, 6.07) is 1.73. The van der Waals surface area contributed by atoms with Gasteiger partial charge in [-0.2, -0.15) is 0 Å². The van der Waals surface area contributed by atoms with Gasteiger partial charge < -0.3 is 21.1 Å². The van der Waals surface area contributed by atoms with E-state index >= 15 is 0 Å². The van der Waals surface area contributed by atoms with Crippen molar-refractivity contribution in [2.24, 2.45) is 5.73 Å². The van der Waals surface area contributed by atoms with Gasteiger partial charge in [0, 0.05) is 25.2 Å². The molecule has 2 rings (SSSR count). The van der Waals surface area contributed by atoms with Crippen LogP contribution in [0.5, 0.6) is 0 Å². The highest BCUT2D eigenvalue weighted by Crippen LogP contribution is 2.22. The minimum Gasteiger partial charge on any atom is -0.465 e. The third kappa shape index (κ3) is 3.48. The first-order chi connectivity index (χ1) is 9.10. The summed E-state index contributed by atoms with van der Waals surface area (Å²) in [6.07, 6.45) is 3.68. The van der Waals surface area contributed by atoms with Gasteiger partial charge in [-0.1, -0.05) is 11.8 Å². The van der Waals surface area contributed by atoms with E-state index in [-0.39, 0.29) is 12.2 Å². The van der Waals surface area contributed by atoms with Crippen LogP contribution in [0.3, 0.4) is 0 Å². The lowest BCUT2D eigenvalue weighted by Crippen LogP contribution is -2.54. The summed E-state index contributed by atoms with van der Waals surface area (Å²) in [5, 5.41) is 11.9. The van der Waals surface area contributed by atoms with Crippen molar-refractivity contribution in [1.82, 2.24) is 15.3 Å². The van der Waals surface area contributed by atoms with E-state index in [0.717, 1.165) is 12.2 Å². The van der Waals surface area contributed by atoms with Crippen molar-refractivity contribution in [2.45, 2.75) is 30.2 Å². The summed E-state index contributed by atoms with van der Waals surface area (Å²) in [5.74, 6) is 0.792. The SMILES string of the molecule is CSc1nccc(N2CCC(NC(=O)O)CC2N)n1. The van der Waals surface area contributed by atoms with E-state index < -0.39 is 6.09 Å². The summed E-state index contributed by atoms with van der Waals surface area (Å²) < 4.78 is 0. The van der Waals surface area contributed by atoms with E-state index in [2.05, 4.69) is 15.3 Å². The van der Waals surface area contributed by atoms with Gasteiger partial charge in [0.2, 0.25) is 0 Å². The molecule has 2 heterocycles. The number of nitrogens with zero attached hydrogens (tertiary/aromatic N) is 3. The molecule has 1 aromatic rings. The molecule has 1 saturated heterocycles. The lowest BCUT2D eigenvalue weighted by molar-refractivity contribution is 0.186. The topological polar surface area (TPSA) is 104 Å². The molecule has 8 heteroatoms. The van der Waals surface area contributed by atoms with E-state index in [1.807, 2.05) is 17.2 Å². The standard InChI is InChI=1S/C11H17N5O2S/c1-19-10-13-4-2-9(15-10)16-5-3-7(6-8(16)12)14-11(17)18/h2,4,7-8,14H,3,5-6,12H2,1H3,(H,17,18). The van der Waals surface area contributed by atoms with Gasteiger partial charge >= 0.3 is 6.09 Å². The Morgan fingerprint density at radius 3 is 3.11 bits per heavy atom. The molecule has 0 radical (unpaired) electrons. The van der Waals surface area contributed by atoms with Gasteiger partial charge in [0.1, 0.15) is 5.82 Å². The second-order valence-electron chi connectivity index (χ2n) is 4.33. The number of rotatable bonds is 3. The summed E-state index contributed by atoms with van der Waals surface area (Å²) in [6.45, 7) is 0.678. The molecule has 1 aliphatic heterocycles. The summed E-state index contributed by atoms with van der Waals surface area (Å²) >= 11 is 1.48. The van der Waals surface area contributed by atoms with Crippen LogP contribution in [-0.4, -0.2) is 46.2 Å². The number of carboxylic acid groups (broad SMARTS) is 1. The number of amides is 1. The minimum absolute atomic E-state index is 0.0920. The number of nitrogens with one attached hydrogen (secondary N) is 1. The van der Waals surface area contributed by atoms with Gasteiger partial charge in [0.15, 0.2) is 5.16 Å². The molecular weight excluding hydrogens is 266 g/mol. The summed E-state index contributed by atoms with van der Waals surface area (Å²) in [7, 11) is 0. The second kappa shape index (κ2) is 6.07. The average molecular weight is 283 g/mol. The van der Waals surface area contributed by atoms with E-state index in [9.17, 15) is 4.79 Å². The van der Waals surface area contributed by atoms with Crippen LogP contribution in [0.4, 0.5) is 10.6 Å². The zero-order valence-electron chi connectivity index (χ0n) is 10.6. The van der Waals surface area contributed by atoms with Crippen molar-refractivity contribution in [3.05, 3.63) is 12.3 Å². The van der Waals surface area contributed by atoms with Crippen LogP contribution in [0, 0.1) is 0 Å². The van der Waals surface area contributed by atoms with E-state index in [0.29, 0.717) is 18.1 Å². The van der Waals surface area contributed by atoms with Gasteiger partial charge in [-0.3, -0.25) is 0 Å². The van der Waals surface area contributed by atoms with Crippen molar-refractivity contribution < 1.29 is 9.90 Å². The molecule has 1 amide bonds. The Morgan fingerprint density at radius 1 is 1.68 bits per heavy atom. The highest BCUT2D eigenvalue weighted by molar-refractivity contribution is 7.98. The first-order valence-corrected chi connectivity index (χ1v) is 7.21. The highest BCUT2D eigenvalue weighted by atomic mass is 32.2. The predicted octanol–water partition coefficient (Wildman–Crippen LogP) is 0.720. The lowest BCUT2D eigenvalue weighted by Gasteiger charge is -2.37. The summed E-state index contributed by atoms with van der Waals surface area (Å²) in [4.78, 5) is 21.1. The van der Waals surface area contributed by atoms with Gasteiger partial charge in [-0.05, 0) is 18.7 Å². The van der Waals surface area contributed by atoms with Crippen LogP contribution in [0.25, 0.3) is 0 Å². The highest BCUT2D eigenvalue weighted by Gasteiger charge is 2.27. The molecule has 1 aromatic heterocycles. The number of carbonyl (C=O) groups is 1. The maximum absolute atomic E-state index is 10.6. The normalized spacial score (nSPS) is 23.2. The van der Waals surface area contributed by atoms with Crippen LogP contribution in [-0.2, 0) is 0 Å². The first kappa shape index (κ1) is 13.9. The minimum atomic E-state index is -1.00. The van der Waals surface area contributed by atoms with Gasteiger partial charge in [-0.15, -0.1) is 0 Å². The van der Waals surface area contributed by atoms with Crippen molar-refractivity contribution in [2.75, 3.05) is 17.7 Å². The van der Waals surface area contributed by atoms with Crippen molar-refractivity contribution in [3.63, 3.8) is 0 Å². The predicted molar refractivity (Wildman–Crippen MR) is 73.3 cm³/mol. The number of piperidine rings is 1. The Hall–Kier alpha value is -1.54. The van der Waals surface area contributed by atoms with Crippen LogP contribution in [0.1, 0.15) is 12.8 Å². The number of nitrogens with two attached hydrogens (primary N) is 1. The molecule has 2 unspecified atom stereocenters. The van der Waals surface area contributed by atoms with Crippen molar-refractivity contribution >= 4 is 23.7 Å². The molecule has 1 aliphatic rings. The third-order valence-electron chi connectivity index (χ3n) is 3.07. The molecular formula is C11H17N5O2S. The fourth-order valence-electron chi connectivity index (χ4n) is 2.18. The lowest BCUT2D eigenvalue weighted by atomic mass is 10.0. The fourth-order valence-corrected chi connectivity index (χ4v) is 2.53. The molecule has 0 saturated carbocycles. The Balaban J connectivity index is 2.04. The number of aromatic nitrogens is 2. The Labute approximate surface area is 115 Å². The van der Waals surface area contributed by atoms with Crippen LogP contribution >= 0.6 is 11.8 Å². The largest absolute Gasteiger partial charge is 0.465 e. The van der Waals surface area contributed by atoms with Gasteiger partial charge in [0.25, 0.3) is 0 Å². The Morgan fingerprint density at radius 2 is 2.47 bits per heavy atom. The zero-order chi connectivity index (χ0) is 13.8. The van der Waals surface area contributed by atoms with Crippen LogP contribution in [0.15, 0.2) is 17.4 Å². The number of hydrogen-bond acceptors (Lipinski definition) is 6. The van der Waals surface area contributed by atoms with E-state index in [4.69, 9.17) is 10.8 Å². The molecule has 4 N–H and O–H groups in total. The average Bonchev–Trinajstić information content (AvgIpc) is 2.38.